The first-order chi connectivity index (χ1) is 5.70. The summed E-state index contributed by atoms with van der Waals surface area (Å²) in [6.07, 6.45) is 0. The lowest BCUT2D eigenvalue weighted by Crippen LogP contribution is -2.50. The summed E-state index contributed by atoms with van der Waals surface area (Å²) in [4.78, 5) is 21.4. The average molecular weight is 174 g/mol. The molecule has 4 N–H and O–H groups in total. The summed E-state index contributed by atoms with van der Waals surface area (Å²) in [5.74, 6) is 0. The van der Waals surface area contributed by atoms with Crippen LogP contribution in [0.1, 0.15) is 13.8 Å². The molecule has 0 heterocycles. The maximum absolute atomic E-state index is 10.7. The van der Waals surface area contributed by atoms with Gasteiger partial charge in [0.2, 0.25) is 0 Å². The Morgan fingerprint density at radius 2 is 1.25 bits per heavy atom. The number of carbonyl (C=O) groups excluding carboxylic acids is 2. The Kier molecular flexibility index (Phi) is 5.50. The summed E-state index contributed by atoms with van der Waals surface area (Å²) in [5, 5.41) is 4.90. The van der Waals surface area contributed by atoms with Crippen LogP contribution in [0.5, 0.6) is 0 Å². The predicted molar refractivity (Wildman–Crippen MR) is 44.4 cm³/mol. The second-order valence-electron chi connectivity index (χ2n) is 1.97. The summed E-state index contributed by atoms with van der Waals surface area (Å²) in [6, 6.07) is -0.854. The van der Waals surface area contributed by atoms with Crippen LogP contribution in [-0.4, -0.2) is 25.2 Å². The molecule has 0 rings (SSSR count). The fourth-order valence-corrected chi connectivity index (χ4v) is 0.523. The van der Waals surface area contributed by atoms with Crippen molar-refractivity contribution in [1.82, 2.24) is 21.5 Å². The highest BCUT2D eigenvalue weighted by atomic mass is 16.2. The predicted octanol–water partition coefficient (Wildman–Crippen LogP) is -0.460. The van der Waals surface area contributed by atoms with E-state index in [0.717, 1.165) is 0 Å². The molecule has 4 amide bonds. The molecule has 12 heavy (non-hydrogen) atoms. The third-order valence-electron chi connectivity index (χ3n) is 0.964. The van der Waals surface area contributed by atoms with Gasteiger partial charge in [0.15, 0.2) is 0 Å². The molecule has 6 heteroatoms. The Balaban J connectivity index is 3.40. The topological polar surface area (TPSA) is 82.3 Å². The summed E-state index contributed by atoms with van der Waals surface area (Å²) in [6.45, 7) is 4.60. The van der Waals surface area contributed by atoms with Crippen LogP contribution in [0.25, 0.3) is 0 Å². The Bertz CT molecular complexity index is 142. The van der Waals surface area contributed by atoms with Crippen molar-refractivity contribution in [3.63, 3.8) is 0 Å². The number of urea groups is 2. The molecule has 0 aromatic rings. The van der Waals surface area contributed by atoms with Gasteiger partial charge in [0, 0.05) is 13.1 Å². The lowest BCUT2D eigenvalue weighted by atomic mass is 10.7. The van der Waals surface area contributed by atoms with Crippen LogP contribution in [0.4, 0.5) is 9.59 Å². The van der Waals surface area contributed by atoms with E-state index in [4.69, 9.17) is 0 Å². The first-order valence-electron chi connectivity index (χ1n) is 3.78. The van der Waals surface area contributed by atoms with Gasteiger partial charge in [0.25, 0.3) is 0 Å². The molecule has 6 nitrogen and oxygen atoms in total. The van der Waals surface area contributed by atoms with Crippen LogP contribution in [-0.2, 0) is 0 Å². The Morgan fingerprint density at radius 1 is 0.917 bits per heavy atom. The molecule has 0 bridgehead atoms. The van der Waals surface area contributed by atoms with Gasteiger partial charge >= 0.3 is 12.1 Å². The van der Waals surface area contributed by atoms with Crippen molar-refractivity contribution in [2.45, 2.75) is 13.8 Å². The van der Waals surface area contributed by atoms with Gasteiger partial charge in [-0.1, -0.05) is 0 Å². The third kappa shape index (κ3) is 5.33. The van der Waals surface area contributed by atoms with Crippen molar-refractivity contribution in [2.24, 2.45) is 0 Å². The molecule has 0 aliphatic heterocycles. The number of amides is 4. The first kappa shape index (κ1) is 10.5. The van der Waals surface area contributed by atoms with Crippen molar-refractivity contribution < 1.29 is 9.59 Å². The number of carbonyl (C=O) groups is 2. The van der Waals surface area contributed by atoms with Gasteiger partial charge < -0.3 is 10.6 Å². The maximum Gasteiger partial charge on any atom is 0.333 e. The van der Waals surface area contributed by atoms with E-state index < -0.39 is 12.1 Å². The van der Waals surface area contributed by atoms with Gasteiger partial charge in [-0.25, -0.2) is 20.4 Å². The average Bonchev–Trinajstić information content (AvgIpc) is 2.02. The molecule has 0 aromatic heterocycles. The molecule has 0 unspecified atom stereocenters. The van der Waals surface area contributed by atoms with E-state index in [-0.39, 0.29) is 0 Å². The molecule has 0 aliphatic rings. The quantitative estimate of drug-likeness (QED) is 0.427. The summed E-state index contributed by atoms with van der Waals surface area (Å²) < 4.78 is 0. The molecule has 0 spiro atoms. The maximum atomic E-state index is 10.7. The van der Waals surface area contributed by atoms with Crippen molar-refractivity contribution in [2.75, 3.05) is 13.1 Å². The van der Waals surface area contributed by atoms with Crippen LogP contribution in [0.2, 0.25) is 0 Å². The van der Waals surface area contributed by atoms with E-state index in [9.17, 15) is 9.59 Å². The van der Waals surface area contributed by atoms with E-state index in [1.54, 1.807) is 13.8 Å². The van der Waals surface area contributed by atoms with Crippen molar-refractivity contribution >= 4 is 12.1 Å². The molecule has 0 saturated carbocycles. The van der Waals surface area contributed by atoms with Gasteiger partial charge in [0.1, 0.15) is 0 Å². The summed E-state index contributed by atoms with van der Waals surface area (Å²) in [7, 11) is 0. The second kappa shape index (κ2) is 6.26. The largest absolute Gasteiger partial charge is 0.337 e. The zero-order chi connectivity index (χ0) is 9.40. The number of hydrogen-bond donors (Lipinski definition) is 4. The minimum atomic E-state index is -0.427. The van der Waals surface area contributed by atoms with Crippen molar-refractivity contribution in [3.05, 3.63) is 0 Å². The highest BCUT2D eigenvalue weighted by Gasteiger charge is 1.99. The summed E-state index contributed by atoms with van der Waals surface area (Å²) in [5.41, 5.74) is 4.31. The molecule has 0 atom stereocenters. The lowest BCUT2D eigenvalue weighted by molar-refractivity contribution is 0.225. The van der Waals surface area contributed by atoms with Gasteiger partial charge in [-0.2, -0.15) is 0 Å². The second-order valence-corrected chi connectivity index (χ2v) is 1.97. The van der Waals surface area contributed by atoms with Crippen LogP contribution in [0, 0.1) is 0 Å². The number of hydrogen-bond acceptors (Lipinski definition) is 2. The molecule has 0 aliphatic carbocycles. The lowest BCUT2D eigenvalue weighted by Gasteiger charge is -2.07. The number of rotatable bonds is 2. The van der Waals surface area contributed by atoms with Crippen LogP contribution < -0.4 is 21.5 Å². The van der Waals surface area contributed by atoms with E-state index in [2.05, 4.69) is 21.5 Å². The molecule has 0 fully saturated rings. The minimum absolute atomic E-state index is 0.427. The molecular weight excluding hydrogens is 160 g/mol. The van der Waals surface area contributed by atoms with Gasteiger partial charge in [-0.15, -0.1) is 0 Å². The molecule has 70 valence electrons. The van der Waals surface area contributed by atoms with E-state index >= 15 is 0 Å². The minimum Gasteiger partial charge on any atom is -0.337 e. The van der Waals surface area contributed by atoms with Gasteiger partial charge in [0.05, 0.1) is 0 Å². The Hall–Kier alpha value is -1.46. The van der Waals surface area contributed by atoms with Crippen molar-refractivity contribution in [1.29, 1.82) is 0 Å². The normalized spacial score (nSPS) is 8.50. The SMILES string of the molecule is CCNC(=O)NNC(=O)NCC. The summed E-state index contributed by atoms with van der Waals surface area (Å²) >= 11 is 0. The van der Waals surface area contributed by atoms with Crippen LogP contribution in [0.3, 0.4) is 0 Å². The fourth-order valence-electron chi connectivity index (χ4n) is 0.523. The molecule has 0 saturated heterocycles. The fraction of sp³-hybridized carbons (Fsp3) is 0.667. The standard InChI is InChI=1S/C6H14N4O2/c1-3-7-5(11)9-10-6(12)8-4-2/h3-4H2,1-2H3,(H2,7,9,11)(H2,8,10,12). The molecule has 0 radical (unpaired) electrons. The van der Waals surface area contributed by atoms with Crippen LogP contribution in [0.15, 0.2) is 0 Å². The zero-order valence-electron chi connectivity index (χ0n) is 7.23. The van der Waals surface area contributed by atoms with Crippen molar-refractivity contribution in [3.8, 4) is 0 Å². The first-order valence-corrected chi connectivity index (χ1v) is 3.78. The van der Waals surface area contributed by atoms with Crippen LogP contribution >= 0.6 is 0 Å². The van der Waals surface area contributed by atoms with Gasteiger partial charge in [-0.3, -0.25) is 0 Å². The highest BCUT2D eigenvalue weighted by Crippen LogP contribution is 1.62. The zero-order valence-corrected chi connectivity index (χ0v) is 7.23. The van der Waals surface area contributed by atoms with E-state index in [0.29, 0.717) is 13.1 Å². The van der Waals surface area contributed by atoms with Gasteiger partial charge in [-0.05, 0) is 13.8 Å². The Morgan fingerprint density at radius 3 is 1.50 bits per heavy atom. The monoisotopic (exact) mass is 174 g/mol. The third-order valence-corrected chi connectivity index (χ3v) is 0.964. The highest BCUT2D eigenvalue weighted by molar-refractivity contribution is 5.79. The van der Waals surface area contributed by atoms with E-state index in [1.165, 1.54) is 0 Å². The molecular formula is C6H14N4O2. The van der Waals surface area contributed by atoms with E-state index in [1.807, 2.05) is 0 Å². The number of hydrazine groups is 1. The number of nitrogens with one attached hydrogen (secondary N) is 4. The molecule has 0 aromatic carbocycles. The Labute approximate surface area is 71.1 Å². The smallest absolute Gasteiger partial charge is 0.333 e.